The average molecular weight is 335 g/mol. The number of anilines is 4. The predicted octanol–water partition coefficient (Wildman–Crippen LogP) is 3.92. The first-order chi connectivity index (χ1) is 11.5. The normalized spacial score (nSPS) is 10.5. The molecule has 0 saturated heterocycles. The van der Waals surface area contributed by atoms with Gasteiger partial charge in [-0.25, -0.2) is 17.6 Å². The summed E-state index contributed by atoms with van der Waals surface area (Å²) >= 11 is 0. The molecule has 0 unspecified atom stereocenters. The lowest BCUT2D eigenvalue weighted by molar-refractivity contribution is 0.509. The Kier molecular flexibility index (Phi) is 4.23. The average Bonchev–Trinajstić information content (AvgIpc) is 2.55. The Labute approximate surface area is 133 Å². The first-order valence-corrected chi connectivity index (χ1v) is 6.66. The third-order valence-corrected chi connectivity index (χ3v) is 2.95. The zero-order valence-electron chi connectivity index (χ0n) is 11.9. The molecular formula is C15H9F4N5. The fourth-order valence-corrected chi connectivity index (χ4v) is 1.87. The van der Waals surface area contributed by atoms with E-state index < -0.39 is 29.0 Å². The minimum Gasteiger partial charge on any atom is -0.339 e. The summed E-state index contributed by atoms with van der Waals surface area (Å²) in [4.78, 5) is 3.95. The van der Waals surface area contributed by atoms with Crippen molar-refractivity contribution in [3.63, 3.8) is 0 Å². The Morgan fingerprint density at radius 1 is 0.792 bits per heavy atom. The van der Waals surface area contributed by atoms with Gasteiger partial charge < -0.3 is 10.6 Å². The van der Waals surface area contributed by atoms with Crippen molar-refractivity contribution in [1.82, 2.24) is 15.2 Å². The lowest BCUT2D eigenvalue weighted by atomic mass is 10.3. The van der Waals surface area contributed by atoms with Gasteiger partial charge in [0.25, 0.3) is 0 Å². The van der Waals surface area contributed by atoms with Gasteiger partial charge in [-0.2, -0.15) is 10.1 Å². The molecule has 0 aliphatic rings. The molecule has 122 valence electrons. The van der Waals surface area contributed by atoms with E-state index in [1.165, 1.54) is 18.3 Å². The summed E-state index contributed by atoms with van der Waals surface area (Å²) < 4.78 is 53.3. The van der Waals surface area contributed by atoms with Crippen LogP contribution in [-0.4, -0.2) is 15.2 Å². The molecule has 2 aromatic carbocycles. The number of hydrogen-bond acceptors (Lipinski definition) is 5. The molecule has 0 fully saturated rings. The van der Waals surface area contributed by atoms with Crippen molar-refractivity contribution in [3.8, 4) is 0 Å². The Bertz CT molecular complexity index is 867. The zero-order chi connectivity index (χ0) is 17.1. The number of hydrogen-bond donors (Lipinski definition) is 2. The van der Waals surface area contributed by atoms with Crippen LogP contribution in [0, 0.1) is 23.3 Å². The van der Waals surface area contributed by atoms with Gasteiger partial charge in [-0.3, -0.25) is 0 Å². The summed E-state index contributed by atoms with van der Waals surface area (Å²) in [5, 5.41) is 12.3. The van der Waals surface area contributed by atoms with Crippen LogP contribution in [0.5, 0.6) is 0 Å². The highest BCUT2D eigenvalue weighted by Crippen LogP contribution is 2.22. The quantitative estimate of drug-likeness (QED) is 0.708. The number of aromatic nitrogens is 3. The summed E-state index contributed by atoms with van der Waals surface area (Å²) in [6.45, 7) is 0. The summed E-state index contributed by atoms with van der Waals surface area (Å²) in [6, 6.07) is 6.53. The van der Waals surface area contributed by atoms with E-state index in [9.17, 15) is 17.6 Å². The van der Waals surface area contributed by atoms with Gasteiger partial charge in [0.1, 0.15) is 17.3 Å². The lowest BCUT2D eigenvalue weighted by Crippen LogP contribution is -2.05. The van der Waals surface area contributed by atoms with Gasteiger partial charge in [0, 0.05) is 11.8 Å². The van der Waals surface area contributed by atoms with Crippen LogP contribution in [0.1, 0.15) is 0 Å². The van der Waals surface area contributed by atoms with E-state index in [1.807, 2.05) is 0 Å². The molecule has 0 aliphatic carbocycles. The second kappa shape index (κ2) is 6.49. The lowest BCUT2D eigenvalue weighted by Gasteiger charge is -2.09. The Hall–Kier alpha value is -3.23. The smallest absolute Gasteiger partial charge is 0.249 e. The SMILES string of the molecule is Fc1ccc(Nc2cnnc(Nc3c(F)cccc3F)n2)cc1F. The fraction of sp³-hybridized carbons (Fsp3) is 0. The largest absolute Gasteiger partial charge is 0.339 e. The molecule has 5 nitrogen and oxygen atoms in total. The van der Waals surface area contributed by atoms with Crippen LogP contribution in [-0.2, 0) is 0 Å². The number of nitrogens with zero attached hydrogens (tertiary/aromatic N) is 3. The molecule has 9 heteroatoms. The number of halogens is 4. The fourth-order valence-electron chi connectivity index (χ4n) is 1.87. The standard InChI is InChI=1S/C15H9F4N5/c16-9-5-4-8(6-12(9)19)21-13-7-20-24-15(22-13)23-14-10(17)2-1-3-11(14)18/h1-7H,(H2,21,22,23,24). The van der Waals surface area contributed by atoms with Gasteiger partial charge >= 0.3 is 0 Å². The highest BCUT2D eigenvalue weighted by Gasteiger charge is 2.11. The molecule has 3 aromatic rings. The highest BCUT2D eigenvalue weighted by molar-refractivity contribution is 5.59. The Morgan fingerprint density at radius 2 is 1.54 bits per heavy atom. The maximum Gasteiger partial charge on any atom is 0.249 e. The predicted molar refractivity (Wildman–Crippen MR) is 79.1 cm³/mol. The summed E-state index contributed by atoms with van der Waals surface area (Å²) in [7, 11) is 0. The third-order valence-electron chi connectivity index (χ3n) is 2.95. The maximum atomic E-state index is 13.6. The van der Waals surface area contributed by atoms with Crippen LogP contribution in [0.3, 0.4) is 0 Å². The van der Waals surface area contributed by atoms with Crippen molar-refractivity contribution in [2.24, 2.45) is 0 Å². The van der Waals surface area contributed by atoms with Crippen LogP contribution in [0.15, 0.2) is 42.6 Å². The third kappa shape index (κ3) is 3.40. The molecule has 24 heavy (non-hydrogen) atoms. The first kappa shape index (κ1) is 15.7. The molecule has 0 radical (unpaired) electrons. The molecule has 0 spiro atoms. The van der Waals surface area contributed by atoms with E-state index >= 15 is 0 Å². The van der Waals surface area contributed by atoms with Crippen molar-refractivity contribution in [2.75, 3.05) is 10.6 Å². The van der Waals surface area contributed by atoms with Crippen molar-refractivity contribution < 1.29 is 17.6 Å². The second-order valence-corrected chi connectivity index (χ2v) is 4.64. The van der Waals surface area contributed by atoms with Crippen molar-refractivity contribution >= 4 is 23.1 Å². The van der Waals surface area contributed by atoms with Crippen molar-refractivity contribution in [1.29, 1.82) is 0 Å². The van der Waals surface area contributed by atoms with Gasteiger partial charge in [-0.1, -0.05) is 6.07 Å². The van der Waals surface area contributed by atoms with Crippen LogP contribution < -0.4 is 10.6 Å². The van der Waals surface area contributed by atoms with Gasteiger partial charge in [0.15, 0.2) is 17.5 Å². The molecule has 0 saturated carbocycles. The topological polar surface area (TPSA) is 62.7 Å². The second-order valence-electron chi connectivity index (χ2n) is 4.64. The number of rotatable bonds is 4. The number of para-hydroxylation sites is 1. The number of benzene rings is 2. The summed E-state index contributed by atoms with van der Waals surface area (Å²) in [5.41, 5.74) is -0.207. The van der Waals surface area contributed by atoms with E-state index in [0.29, 0.717) is 0 Å². The molecule has 0 bridgehead atoms. The van der Waals surface area contributed by atoms with Gasteiger partial charge in [-0.05, 0) is 24.3 Å². The van der Waals surface area contributed by atoms with Crippen LogP contribution in [0.25, 0.3) is 0 Å². The molecule has 0 amide bonds. The van der Waals surface area contributed by atoms with E-state index in [4.69, 9.17) is 0 Å². The Balaban J connectivity index is 1.82. The molecule has 1 heterocycles. The molecule has 3 rings (SSSR count). The summed E-state index contributed by atoms with van der Waals surface area (Å²) in [6.07, 6.45) is 1.21. The molecule has 0 aliphatic heterocycles. The van der Waals surface area contributed by atoms with Crippen LogP contribution >= 0.6 is 0 Å². The van der Waals surface area contributed by atoms with E-state index in [0.717, 1.165) is 24.3 Å². The van der Waals surface area contributed by atoms with Crippen LogP contribution in [0.4, 0.5) is 40.7 Å². The minimum atomic E-state index is -1.03. The van der Waals surface area contributed by atoms with Crippen molar-refractivity contribution in [3.05, 3.63) is 65.9 Å². The molecule has 1 aromatic heterocycles. The van der Waals surface area contributed by atoms with Crippen LogP contribution in [0.2, 0.25) is 0 Å². The monoisotopic (exact) mass is 335 g/mol. The first-order valence-electron chi connectivity index (χ1n) is 6.66. The zero-order valence-corrected chi connectivity index (χ0v) is 11.9. The van der Waals surface area contributed by atoms with Gasteiger partial charge in [0.2, 0.25) is 5.95 Å². The highest BCUT2D eigenvalue weighted by atomic mass is 19.2. The van der Waals surface area contributed by atoms with E-state index in [1.54, 1.807) is 0 Å². The molecular weight excluding hydrogens is 326 g/mol. The maximum absolute atomic E-state index is 13.6. The minimum absolute atomic E-state index is 0.121. The molecule has 0 atom stereocenters. The molecule has 2 N–H and O–H groups in total. The summed E-state index contributed by atoms with van der Waals surface area (Å²) in [5.74, 6) is -3.72. The van der Waals surface area contributed by atoms with E-state index in [2.05, 4.69) is 25.8 Å². The Morgan fingerprint density at radius 3 is 2.25 bits per heavy atom. The van der Waals surface area contributed by atoms with Crippen molar-refractivity contribution in [2.45, 2.75) is 0 Å². The van der Waals surface area contributed by atoms with Gasteiger partial charge in [0.05, 0.1) is 6.20 Å². The van der Waals surface area contributed by atoms with Gasteiger partial charge in [-0.15, -0.1) is 5.10 Å². The number of nitrogens with one attached hydrogen (secondary N) is 2. The van der Waals surface area contributed by atoms with E-state index in [-0.39, 0.29) is 17.5 Å².